The zero-order valence-corrected chi connectivity index (χ0v) is 21.2. The van der Waals surface area contributed by atoms with Gasteiger partial charge in [0.15, 0.2) is 11.0 Å². The first-order chi connectivity index (χ1) is 17.5. The molecule has 0 unspecified atom stereocenters. The molecular formula is C25H24ClN7O2S. The highest BCUT2D eigenvalue weighted by Gasteiger charge is 2.28. The van der Waals surface area contributed by atoms with E-state index in [2.05, 4.69) is 30.7 Å². The second kappa shape index (κ2) is 10.6. The van der Waals surface area contributed by atoms with Crippen LogP contribution in [0.5, 0.6) is 0 Å². The van der Waals surface area contributed by atoms with Crippen molar-refractivity contribution < 1.29 is 9.53 Å². The monoisotopic (exact) mass is 521 g/mol. The van der Waals surface area contributed by atoms with E-state index >= 15 is 0 Å². The minimum absolute atomic E-state index is 0.204. The number of aromatic nitrogens is 4. The number of halogens is 1. The molecule has 1 amide bonds. The minimum Gasteiger partial charge on any atom is -0.378 e. The highest BCUT2D eigenvalue weighted by Crippen LogP contribution is 2.31. The summed E-state index contributed by atoms with van der Waals surface area (Å²) < 4.78 is 5.41. The lowest BCUT2D eigenvalue weighted by Crippen LogP contribution is -2.52. The smallest absolute Gasteiger partial charge is 0.257 e. The topological polar surface area (TPSA) is 108 Å². The molecule has 1 fully saturated rings. The highest BCUT2D eigenvalue weighted by molar-refractivity contribution is 7.99. The summed E-state index contributed by atoms with van der Waals surface area (Å²) in [7, 11) is 1.72. The third-order valence-electron chi connectivity index (χ3n) is 5.60. The Kier molecular flexibility index (Phi) is 7.08. The molecule has 0 aliphatic carbocycles. The second-order valence-electron chi connectivity index (χ2n) is 8.28. The maximum atomic E-state index is 12.5. The number of rotatable bonds is 8. The summed E-state index contributed by atoms with van der Waals surface area (Å²) in [6.07, 6.45) is 0.204. The standard InChI is InChI=1S/C25H24ClN7O2S/c1-15-11-22(32-31-15)28-21-12-23(33-13-17(14-33)35-2)30-25(29-21)36-18-9-7-16(8-10-18)27-24(34)19-5-3-4-6-20(19)26/h3-12,17H,13-14H2,1-2H3,(H,27,34)(H2,28,29,30,31,32). The van der Waals surface area contributed by atoms with Crippen LogP contribution >= 0.6 is 23.4 Å². The third-order valence-corrected chi connectivity index (χ3v) is 6.80. The van der Waals surface area contributed by atoms with Crippen LogP contribution < -0.4 is 15.5 Å². The fourth-order valence-corrected chi connectivity index (χ4v) is 4.62. The van der Waals surface area contributed by atoms with Gasteiger partial charge in [0.25, 0.3) is 5.91 Å². The first kappa shape index (κ1) is 24.1. The fourth-order valence-electron chi connectivity index (χ4n) is 3.63. The number of carbonyl (C=O) groups excluding carboxylic acids is 1. The van der Waals surface area contributed by atoms with Crippen LogP contribution in [0.2, 0.25) is 5.02 Å². The number of ether oxygens (including phenoxy) is 1. The molecule has 184 valence electrons. The van der Waals surface area contributed by atoms with Crippen molar-refractivity contribution in [1.29, 1.82) is 0 Å². The molecule has 1 aliphatic heterocycles. The first-order valence-corrected chi connectivity index (χ1v) is 12.5. The predicted octanol–water partition coefficient (Wildman–Crippen LogP) is 5.14. The average Bonchev–Trinajstić information content (AvgIpc) is 3.24. The molecule has 1 aliphatic rings. The number of methoxy groups -OCH3 is 1. The normalized spacial score (nSPS) is 13.4. The van der Waals surface area contributed by atoms with Gasteiger partial charge in [-0.3, -0.25) is 9.89 Å². The molecule has 3 heterocycles. The van der Waals surface area contributed by atoms with Gasteiger partial charge in [0.2, 0.25) is 0 Å². The maximum Gasteiger partial charge on any atom is 0.257 e. The number of amides is 1. The molecule has 0 radical (unpaired) electrons. The fraction of sp³-hybridized carbons (Fsp3) is 0.200. The Morgan fingerprint density at radius 1 is 1.11 bits per heavy atom. The quantitative estimate of drug-likeness (QED) is 0.273. The van der Waals surface area contributed by atoms with Crippen LogP contribution in [0.1, 0.15) is 16.1 Å². The van der Waals surface area contributed by atoms with Crippen LogP contribution in [-0.4, -0.2) is 52.4 Å². The van der Waals surface area contributed by atoms with E-state index in [0.717, 1.165) is 29.5 Å². The van der Waals surface area contributed by atoms with Crippen LogP contribution in [0.3, 0.4) is 0 Å². The molecule has 3 N–H and O–H groups in total. The molecular weight excluding hydrogens is 498 g/mol. The SMILES string of the molecule is COC1CN(c2cc(Nc3cc(C)[nH]n3)nc(Sc3ccc(NC(=O)c4ccccc4Cl)cc3)n2)C1. The Bertz CT molecular complexity index is 1370. The number of hydrogen-bond acceptors (Lipinski definition) is 8. The molecule has 2 aromatic carbocycles. The Hall–Kier alpha value is -3.60. The summed E-state index contributed by atoms with van der Waals surface area (Å²) in [5.41, 5.74) is 2.05. The molecule has 0 atom stereocenters. The number of nitrogens with one attached hydrogen (secondary N) is 3. The highest BCUT2D eigenvalue weighted by atomic mass is 35.5. The number of aryl methyl sites for hydroxylation is 1. The molecule has 0 saturated carbocycles. The number of hydrogen-bond donors (Lipinski definition) is 3. The lowest BCUT2D eigenvalue weighted by atomic mass is 10.2. The molecule has 0 bridgehead atoms. The van der Waals surface area contributed by atoms with E-state index in [0.29, 0.717) is 33.1 Å². The van der Waals surface area contributed by atoms with Gasteiger partial charge in [-0.05, 0) is 55.1 Å². The van der Waals surface area contributed by atoms with Crippen molar-refractivity contribution in [2.45, 2.75) is 23.1 Å². The second-order valence-corrected chi connectivity index (χ2v) is 9.73. The van der Waals surface area contributed by atoms with Gasteiger partial charge in [0.1, 0.15) is 11.6 Å². The molecule has 5 rings (SSSR count). The van der Waals surface area contributed by atoms with E-state index < -0.39 is 0 Å². The Morgan fingerprint density at radius 2 is 1.89 bits per heavy atom. The van der Waals surface area contributed by atoms with Crippen molar-refractivity contribution in [2.24, 2.45) is 0 Å². The molecule has 2 aromatic heterocycles. The summed E-state index contributed by atoms with van der Waals surface area (Å²) in [5, 5.41) is 14.3. The average molecular weight is 522 g/mol. The molecule has 11 heteroatoms. The Labute approximate surface area is 217 Å². The number of H-pyrrole nitrogens is 1. The number of carbonyl (C=O) groups is 1. The first-order valence-electron chi connectivity index (χ1n) is 11.3. The zero-order valence-electron chi connectivity index (χ0n) is 19.7. The van der Waals surface area contributed by atoms with Crippen molar-refractivity contribution in [2.75, 3.05) is 35.7 Å². The summed E-state index contributed by atoms with van der Waals surface area (Å²) in [6.45, 7) is 3.49. The Morgan fingerprint density at radius 3 is 2.58 bits per heavy atom. The lowest BCUT2D eigenvalue weighted by molar-refractivity contribution is 0.0782. The summed E-state index contributed by atoms with van der Waals surface area (Å²) in [5.74, 6) is 1.90. The van der Waals surface area contributed by atoms with E-state index in [4.69, 9.17) is 21.3 Å². The summed E-state index contributed by atoms with van der Waals surface area (Å²) in [6, 6.07) is 18.3. The Balaban J connectivity index is 1.32. The van der Waals surface area contributed by atoms with Gasteiger partial charge in [0.05, 0.1) is 16.7 Å². The third kappa shape index (κ3) is 5.62. The molecule has 1 saturated heterocycles. The van der Waals surface area contributed by atoms with E-state index in [1.54, 1.807) is 31.4 Å². The summed E-state index contributed by atoms with van der Waals surface area (Å²) >= 11 is 7.57. The number of nitrogens with zero attached hydrogens (tertiary/aromatic N) is 4. The van der Waals surface area contributed by atoms with E-state index in [9.17, 15) is 4.79 Å². The van der Waals surface area contributed by atoms with Crippen LogP contribution in [0, 0.1) is 6.92 Å². The van der Waals surface area contributed by atoms with Gasteiger partial charge in [-0.15, -0.1) is 0 Å². The van der Waals surface area contributed by atoms with Gasteiger partial charge >= 0.3 is 0 Å². The van der Waals surface area contributed by atoms with Crippen LogP contribution in [0.15, 0.2) is 70.7 Å². The number of benzene rings is 2. The molecule has 0 spiro atoms. The van der Waals surface area contributed by atoms with Gasteiger partial charge in [-0.25, -0.2) is 9.97 Å². The van der Waals surface area contributed by atoms with Gasteiger partial charge < -0.3 is 20.3 Å². The largest absolute Gasteiger partial charge is 0.378 e. The van der Waals surface area contributed by atoms with Crippen molar-refractivity contribution in [3.05, 3.63) is 76.9 Å². The van der Waals surface area contributed by atoms with E-state index in [1.165, 1.54) is 11.8 Å². The predicted molar refractivity (Wildman–Crippen MR) is 142 cm³/mol. The van der Waals surface area contributed by atoms with Gasteiger partial charge in [0, 0.05) is 48.6 Å². The molecule has 36 heavy (non-hydrogen) atoms. The van der Waals surface area contributed by atoms with E-state index in [1.807, 2.05) is 43.3 Å². The van der Waals surface area contributed by atoms with Crippen LogP contribution in [-0.2, 0) is 4.74 Å². The number of anilines is 4. The van der Waals surface area contributed by atoms with Crippen molar-refractivity contribution in [1.82, 2.24) is 20.2 Å². The molecule has 4 aromatic rings. The number of aromatic amines is 1. The van der Waals surface area contributed by atoms with Crippen LogP contribution in [0.25, 0.3) is 0 Å². The van der Waals surface area contributed by atoms with Crippen LogP contribution in [0.4, 0.5) is 23.1 Å². The van der Waals surface area contributed by atoms with Gasteiger partial charge in [-0.1, -0.05) is 23.7 Å². The molecule has 9 nitrogen and oxygen atoms in total. The lowest BCUT2D eigenvalue weighted by Gasteiger charge is -2.39. The maximum absolute atomic E-state index is 12.5. The van der Waals surface area contributed by atoms with Crippen molar-refractivity contribution >= 4 is 52.4 Å². The van der Waals surface area contributed by atoms with Crippen molar-refractivity contribution in [3.8, 4) is 0 Å². The van der Waals surface area contributed by atoms with E-state index in [-0.39, 0.29) is 12.0 Å². The van der Waals surface area contributed by atoms with Gasteiger partial charge in [-0.2, -0.15) is 5.10 Å². The minimum atomic E-state index is -0.259. The summed E-state index contributed by atoms with van der Waals surface area (Å²) in [4.78, 5) is 25.0. The van der Waals surface area contributed by atoms with Crippen molar-refractivity contribution in [3.63, 3.8) is 0 Å². The zero-order chi connectivity index (χ0) is 25.1.